The molecule has 1 spiro atoms. The number of nitrogens with zero attached hydrogens (tertiary/aromatic N) is 3. The second-order valence-corrected chi connectivity index (χ2v) is 10.3. The fourth-order valence-corrected chi connectivity index (χ4v) is 5.87. The zero-order chi connectivity index (χ0) is 24.9. The van der Waals surface area contributed by atoms with Crippen LogP contribution in [0.15, 0.2) is 30.6 Å². The van der Waals surface area contributed by atoms with Crippen molar-refractivity contribution >= 4 is 28.4 Å². The van der Waals surface area contributed by atoms with Crippen LogP contribution in [0.2, 0.25) is 0 Å². The van der Waals surface area contributed by atoms with Crippen LogP contribution in [0.25, 0.3) is 21.9 Å². The Hall–Kier alpha value is -3.46. The molecule has 2 N–H and O–H groups in total. The monoisotopic (exact) mass is 491 g/mol. The Morgan fingerprint density at radius 3 is 2.78 bits per heavy atom. The number of aromatic nitrogens is 2. The number of ether oxygens (including phenoxy) is 2. The lowest BCUT2D eigenvalue weighted by molar-refractivity contribution is -0.0539. The Kier molecular flexibility index (Phi) is 5.67. The molecular weight excluding hydrogens is 461 g/mol. The molecule has 1 saturated heterocycles. The predicted molar refractivity (Wildman–Crippen MR) is 136 cm³/mol. The van der Waals surface area contributed by atoms with Gasteiger partial charge in [0.05, 0.1) is 6.54 Å². The van der Waals surface area contributed by atoms with E-state index in [1.54, 1.807) is 24.5 Å². The van der Waals surface area contributed by atoms with Gasteiger partial charge >= 0.3 is 6.09 Å². The van der Waals surface area contributed by atoms with Crippen LogP contribution >= 0.6 is 0 Å². The zero-order valence-corrected chi connectivity index (χ0v) is 20.6. The molecule has 1 aromatic carbocycles. The lowest BCUT2D eigenvalue weighted by atomic mass is 9.62. The van der Waals surface area contributed by atoms with Crippen LogP contribution < -0.4 is 20.3 Å². The number of amides is 1. The average Bonchev–Trinajstić information content (AvgIpc) is 2.84. The normalized spacial score (nSPS) is 18.9. The number of nitrogens with one attached hydrogen (secondary N) is 2. The molecule has 0 bridgehead atoms. The van der Waals surface area contributed by atoms with Gasteiger partial charge in [-0.15, -0.1) is 0 Å². The summed E-state index contributed by atoms with van der Waals surface area (Å²) in [5, 5.41) is 7.53. The second kappa shape index (κ2) is 8.89. The number of anilines is 2. The number of hydrogen-bond acceptors (Lipinski definition) is 7. The fraction of sp³-hybridized carbons (Fsp3) is 0.444. The summed E-state index contributed by atoms with van der Waals surface area (Å²) < 4.78 is 26.5. The molecule has 8 nitrogen and oxygen atoms in total. The minimum absolute atomic E-state index is 0.0501. The maximum absolute atomic E-state index is 15.2. The molecule has 188 valence electrons. The van der Waals surface area contributed by atoms with Crippen molar-refractivity contribution in [2.24, 2.45) is 5.41 Å². The van der Waals surface area contributed by atoms with Crippen molar-refractivity contribution in [2.75, 3.05) is 43.5 Å². The molecule has 3 aliphatic rings. The van der Waals surface area contributed by atoms with E-state index in [-0.39, 0.29) is 11.9 Å². The van der Waals surface area contributed by atoms with Gasteiger partial charge < -0.3 is 19.7 Å². The van der Waals surface area contributed by atoms with Crippen molar-refractivity contribution in [3.63, 3.8) is 0 Å². The summed E-state index contributed by atoms with van der Waals surface area (Å²) >= 11 is 0. The number of pyridine rings is 2. The third kappa shape index (κ3) is 4.11. The van der Waals surface area contributed by atoms with Gasteiger partial charge in [0.1, 0.15) is 30.0 Å². The molecule has 2 aromatic heterocycles. The first kappa shape index (κ1) is 23.0. The van der Waals surface area contributed by atoms with E-state index in [4.69, 9.17) is 9.47 Å². The van der Waals surface area contributed by atoms with E-state index >= 15 is 4.39 Å². The van der Waals surface area contributed by atoms with Gasteiger partial charge in [-0.2, -0.15) is 0 Å². The van der Waals surface area contributed by atoms with Crippen molar-refractivity contribution in [1.29, 1.82) is 0 Å². The van der Waals surface area contributed by atoms with E-state index in [0.29, 0.717) is 40.2 Å². The number of carbonyl (C=O) groups excluding carboxylic acids is 1. The van der Waals surface area contributed by atoms with Crippen molar-refractivity contribution < 1.29 is 18.7 Å². The number of piperidine rings is 1. The largest absolute Gasteiger partial charge is 0.474 e. The summed E-state index contributed by atoms with van der Waals surface area (Å²) in [6, 6.07) is 4.98. The third-order valence-corrected chi connectivity index (χ3v) is 7.91. The van der Waals surface area contributed by atoms with E-state index in [2.05, 4.69) is 25.5 Å². The van der Waals surface area contributed by atoms with E-state index in [9.17, 15) is 4.79 Å². The van der Waals surface area contributed by atoms with E-state index < -0.39 is 6.09 Å². The minimum atomic E-state index is -0.504. The molecule has 6 rings (SSSR count). The number of hydrogen-bond donors (Lipinski definition) is 2. The number of benzene rings is 1. The standard InChI is InChI=1S/C27H30FN5O3/c1-16-21(15-31-25-24(16)33(2)7-8-35-25)20-9-17-11-23(30-14-18(17)10-22(20)28)32-26(34)36-19-12-27(13-19)3-5-29-6-4-27/h9-11,14-15,19,29H,3-8,12-13H2,1-2H3,(H,30,32,34). The summed E-state index contributed by atoms with van der Waals surface area (Å²) in [4.78, 5) is 23.3. The maximum atomic E-state index is 15.2. The van der Waals surface area contributed by atoms with Gasteiger partial charge in [0, 0.05) is 36.0 Å². The molecule has 9 heteroatoms. The lowest BCUT2D eigenvalue weighted by Gasteiger charge is -2.49. The molecule has 0 unspecified atom stereocenters. The van der Waals surface area contributed by atoms with Crippen LogP contribution in [0.1, 0.15) is 31.2 Å². The van der Waals surface area contributed by atoms with E-state index in [1.807, 2.05) is 14.0 Å². The van der Waals surface area contributed by atoms with Crippen molar-refractivity contribution in [3.8, 4) is 17.0 Å². The van der Waals surface area contributed by atoms with Gasteiger partial charge in [0.2, 0.25) is 5.88 Å². The summed E-state index contributed by atoms with van der Waals surface area (Å²) in [5.41, 5.74) is 3.26. The first-order chi connectivity index (χ1) is 17.4. The smallest absolute Gasteiger partial charge is 0.413 e. The Morgan fingerprint density at radius 1 is 1.17 bits per heavy atom. The highest BCUT2D eigenvalue weighted by Crippen LogP contribution is 2.49. The maximum Gasteiger partial charge on any atom is 0.413 e. The van der Waals surface area contributed by atoms with Crippen molar-refractivity contribution in [2.45, 2.75) is 38.7 Å². The van der Waals surface area contributed by atoms with E-state index in [0.717, 1.165) is 62.0 Å². The van der Waals surface area contributed by atoms with Crippen LogP contribution in [0.5, 0.6) is 5.88 Å². The molecule has 1 saturated carbocycles. The molecule has 3 aromatic rings. The number of halogens is 1. The Morgan fingerprint density at radius 2 is 1.97 bits per heavy atom. The first-order valence-corrected chi connectivity index (χ1v) is 12.5. The highest BCUT2D eigenvalue weighted by Gasteiger charge is 2.46. The summed E-state index contributed by atoms with van der Waals surface area (Å²) in [5.74, 6) is 0.581. The first-order valence-electron chi connectivity index (χ1n) is 12.5. The minimum Gasteiger partial charge on any atom is -0.474 e. The Bertz CT molecular complexity index is 1330. The number of likely N-dealkylation sites (N-methyl/N-ethyl adjacent to an activating group) is 1. The molecule has 2 fully saturated rings. The summed E-state index contributed by atoms with van der Waals surface area (Å²) in [6.45, 7) is 5.34. The SMILES string of the molecule is Cc1c(-c2cc3cc(NC(=O)OC4CC5(CCNCC5)C4)ncc3cc2F)cnc2c1N(C)CCO2. The van der Waals surface area contributed by atoms with Crippen LogP contribution in [0.3, 0.4) is 0 Å². The van der Waals surface area contributed by atoms with Crippen LogP contribution in [0, 0.1) is 18.2 Å². The molecule has 1 aliphatic carbocycles. The molecule has 2 aliphatic heterocycles. The van der Waals surface area contributed by atoms with E-state index in [1.165, 1.54) is 6.07 Å². The van der Waals surface area contributed by atoms with Gasteiger partial charge in [-0.3, -0.25) is 5.32 Å². The molecule has 4 heterocycles. The zero-order valence-electron chi connectivity index (χ0n) is 20.6. The summed E-state index contributed by atoms with van der Waals surface area (Å²) in [7, 11) is 1.98. The average molecular weight is 492 g/mol. The highest BCUT2D eigenvalue weighted by molar-refractivity contribution is 5.92. The number of fused-ring (bicyclic) bond motifs is 2. The molecular formula is C27H30FN5O3. The lowest BCUT2D eigenvalue weighted by Crippen LogP contribution is -2.49. The molecule has 1 amide bonds. The fourth-order valence-electron chi connectivity index (χ4n) is 5.87. The highest BCUT2D eigenvalue weighted by atomic mass is 19.1. The molecule has 0 atom stereocenters. The van der Waals surface area contributed by atoms with Crippen LogP contribution in [-0.2, 0) is 4.74 Å². The summed E-state index contributed by atoms with van der Waals surface area (Å²) in [6.07, 6.45) is 6.79. The number of rotatable bonds is 3. The Labute approximate surface area is 209 Å². The van der Waals surface area contributed by atoms with Gasteiger partial charge in [-0.25, -0.2) is 19.2 Å². The quantitative estimate of drug-likeness (QED) is 0.551. The second-order valence-electron chi connectivity index (χ2n) is 10.3. The van der Waals surface area contributed by atoms with Crippen LogP contribution in [-0.4, -0.2) is 55.5 Å². The van der Waals surface area contributed by atoms with Gasteiger partial charge in [-0.05, 0) is 80.3 Å². The predicted octanol–water partition coefficient (Wildman–Crippen LogP) is 4.65. The Balaban J connectivity index is 1.21. The molecule has 36 heavy (non-hydrogen) atoms. The van der Waals surface area contributed by atoms with Crippen LogP contribution in [0.4, 0.5) is 20.7 Å². The number of carbonyl (C=O) groups is 1. The van der Waals surface area contributed by atoms with Gasteiger partial charge in [0.15, 0.2) is 0 Å². The topological polar surface area (TPSA) is 88.6 Å². The molecule has 0 radical (unpaired) electrons. The van der Waals surface area contributed by atoms with Gasteiger partial charge in [-0.1, -0.05) is 0 Å². The third-order valence-electron chi connectivity index (χ3n) is 7.91. The van der Waals surface area contributed by atoms with Crippen molar-refractivity contribution in [3.05, 3.63) is 42.0 Å². The van der Waals surface area contributed by atoms with Gasteiger partial charge in [0.25, 0.3) is 0 Å². The van der Waals surface area contributed by atoms with Crippen molar-refractivity contribution in [1.82, 2.24) is 15.3 Å².